The lowest BCUT2D eigenvalue weighted by atomic mass is 10.3. The minimum absolute atomic E-state index is 0.181. The molecular weight excluding hydrogens is 290 g/mol. The van der Waals surface area contributed by atoms with Crippen molar-refractivity contribution in [3.05, 3.63) is 34.3 Å². The number of aromatic nitrogens is 1. The van der Waals surface area contributed by atoms with Gasteiger partial charge in [-0.3, -0.25) is 0 Å². The topological polar surface area (TPSA) is 63.7 Å². The number of thiazole rings is 1. The van der Waals surface area contributed by atoms with Crippen LogP contribution in [0.4, 0.5) is 10.5 Å². The molecule has 0 radical (unpaired) electrons. The molecule has 0 saturated carbocycles. The third kappa shape index (κ3) is 3.08. The number of rotatable bonds is 3. The van der Waals surface area contributed by atoms with Crippen LogP contribution in [0.3, 0.4) is 0 Å². The smallest absolute Gasteiger partial charge is 0.321 e. The van der Waals surface area contributed by atoms with Crippen molar-refractivity contribution < 1.29 is 14.3 Å². The van der Waals surface area contributed by atoms with Crippen molar-refractivity contribution in [3.8, 4) is 11.5 Å². The predicted molar refractivity (Wildman–Crippen MR) is 79.9 cm³/mol. The van der Waals surface area contributed by atoms with Gasteiger partial charge in [-0.2, -0.15) is 0 Å². The van der Waals surface area contributed by atoms with Gasteiger partial charge in [-0.25, -0.2) is 9.78 Å². The van der Waals surface area contributed by atoms with Crippen molar-refractivity contribution in [2.75, 3.05) is 19.2 Å². The molecule has 1 N–H and O–H groups in total. The van der Waals surface area contributed by atoms with Gasteiger partial charge < -0.3 is 19.7 Å². The molecule has 1 aliphatic heterocycles. The van der Waals surface area contributed by atoms with Crippen LogP contribution in [0.15, 0.2) is 24.4 Å². The molecule has 1 aromatic heterocycles. The molecule has 21 heavy (non-hydrogen) atoms. The number of fused-ring (bicyclic) bond motifs is 1. The number of urea groups is 1. The van der Waals surface area contributed by atoms with Crippen LogP contribution < -0.4 is 14.8 Å². The van der Waals surface area contributed by atoms with E-state index in [0.717, 1.165) is 9.88 Å². The summed E-state index contributed by atoms with van der Waals surface area (Å²) in [5.41, 5.74) is 0.677. The average Bonchev–Trinajstić information content (AvgIpc) is 3.07. The van der Waals surface area contributed by atoms with Crippen LogP contribution in [0.5, 0.6) is 11.5 Å². The van der Waals surface area contributed by atoms with E-state index in [1.807, 2.05) is 6.92 Å². The number of nitrogens with one attached hydrogen (secondary N) is 1. The first kappa shape index (κ1) is 13.7. The second-order valence-electron chi connectivity index (χ2n) is 4.70. The SMILES string of the molecule is Cc1ncc(CN(C)C(=O)Nc2ccc3c(c2)OCO3)s1. The van der Waals surface area contributed by atoms with Gasteiger partial charge in [-0.15, -0.1) is 11.3 Å². The van der Waals surface area contributed by atoms with E-state index in [9.17, 15) is 4.79 Å². The number of carbonyl (C=O) groups is 1. The second kappa shape index (κ2) is 5.61. The molecule has 0 unspecified atom stereocenters. The molecule has 0 aliphatic carbocycles. The van der Waals surface area contributed by atoms with E-state index >= 15 is 0 Å². The first-order valence-corrected chi connectivity index (χ1v) is 7.26. The molecule has 110 valence electrons. The fraction of sp³-hybridized carbons (Fsp3) is 0.286. The molecule has 0 atom stereocenters. The van der Waals surface area contributed by atoms with Crippen molar-refractivity contribution in [1.82, 2.24) is 9.88 Å². The van der Waals surface area contributed by atoms with E-state index in [2.05, 4.69) is 10.3 Å². The lowest BCUT2D eigenvalue weighted by molar-refractivity contribution is 0.174. The molecule has 6 nitrogen and oxygen atoms in total. The minimum atomic E-state index is -0.181. The number of ether oxygens (including phenoxy) is 2. The molecule has 0 saturated heterocycles. The Morgan fingerprint density at radius 3 is 3.00 bits per heavy atom. The number of carbonyl (C=O) groups excluding carboxylic acids is 1. The Labute approximate surface area is 126 Å². The number of aryl methyl sites for hydroxylation is 1. The highest BCUT2D eigenvalue weighted by Gasteiger charge is 2.15. The van der Waals surface area contributed by atoms with Crippen LogP contribution >= 0.6 is 11.3 Å². The zero-order chi connectivity index (χ0) is 14.8. The third-order valence-corrected chi connectivity index (χ3v) is 3.93. The first-order valence-electron chi connectivity index (χ1n) is 6.45. The molecule has 1 aromatic carbocycles. The Hall–Kier alpha value is -2.28. The number of nitrogens with zero attached hydrogens (tertiary/aromatic N) is 2. The summed E-state index contributed by atoms with van der Waals surface area (Å²) < 4.78 is 10.5. The minimum Gasteiger partial charge on any atom is -0.454 e. The highest BCUT2D eigenvalue weighted by atomic mass is 32.1. The predicted octanol–water partition coefficient (Wildman–Crippen LogP) is 2.84. The van der Waals surface area contributed by atoms with Crippen LogP contribution in [0.1, 0.15) is 9.88 Å². The van der Waals surface area contributed by atoms with Gasteiger partial charge >= 0.3 is 6.03 Å². The molecular formula is C14H15N3O3S. The number of hydrogen-bond acceptors (Lipinski definition) is 5. The van der Waals surface area contributed by atoms with Crippen LogP contribution in [-0.2, 0) is 6.54 Å². The zero-order valence-electron chi connectivity index (χ0n) is 11.8. The molecule has 1 aliphatic rings. The Balaban J connectivity index is 1.63. The fourth-order valence-electron chi connectivity index (χ4n) is 1.98. The van der Waals surface area contributed by atoms with E-state index in [1.165, 1.54) is 0 Å². The maximum absolute atomic E-state index is 12.2. The molecule has 0 fully saturated rings. The van der Waals surface area contributed by atoms with Crippen LogP contribution in [-0.4, -0.2) is 29.8 Å². The van der Waals surface area contributed by atoms with E-state index < -0.39 is 0 Å². The van der Waals surface area contributed by atoms with Gasteiger partial charge in [0.05, 0.1) is 11.6 Å². The summed E-state index contributed by atoms with van der Waals surface area (Å²) in [6, 6.07) is 5.14. The van der Waals surface area contributed by atoms with Gasteiger partial charge in [0, 0.05) is 29.9 Å². The summed E-state index contributed by atoms with van der Waals surface area (Å²) >= 11 is 1.59. The van der Waals surface area contributed by atoms with E-state index in [-0.39, 0.29) is 12.8 Å². The van der Waals surface area contributed by atoms with Crippen molar-refractivity contribution >= 4 is 23.1 Å². The number of benzene rings is 1. The van der Waals surface area contributed by atoms with Gasteiger partial charge in [0.25, 0.3) is 0 Å². The Kier molecular flexibility index (Phi) is 3.66. The van der Waals surface area contributed by atoms with Crippen LogP contribution in [0.2, 0.25) is 0 Å². The quantitative estimate of drug-likeness (QED) is 0.947. The van der Waals surface area contributed by atoms with Gasteiger partial charge in [-0.05, 0) is 19.1 Å². The fourth-order valence-corrected chi connectivity index (χ4v) is 2.83. The number of amides is 2. The van der Waals surface area contributed by atoms with Gasteiger partial charge in [0.15, 0.2) is 11.5 Å². The van der Waals surface area contributed by atoms with E-state index in [4.69, 9.17) is 9.47 Å². The van der Waals surface area contributed by atoms with Gasteiger partial charge in [0.1, 0.15) is 0 Å². The largest absolute Gasteiger partial charge is 0.454 e. The van der Waals surface area contributed by atoms with Gasteiger partial charge in [0.2, 0.25) is 6.79 Å². The summed E-state index contributed by atoms with van der Waals surface area (Å²) in [4.78, 5) is 19.0. The zero-order valence-corrected chi connectivity index (χ0v) is 12.6. The van der Waals surface area contributed by atoms with Crippen LogP contribution in [0.25, 0.3) is 0 Å². The molecule has 2 amide bonds. The van der Waals surface area contributed by atoms with Crippen molar-refractivity contribution in [1.29, 1.82) is 0 Å². The van der Waals surface area contributed by atoms with Crippen molar-refractivity contribution in [2.45, 2.75) is 13.5 Å². The molecule has 2 heterocycles. The molecule has 7 heteroatoms. The van der Waals surface area contributed by atoms with E-state index in [0.29, 0.717) is 23.7 Å². The highest BCUT2D eigenvalue weighted by molar-refractivity contribution is 7.11. The lowest BCUT2D eigenvalue weighted by Gasteiger charge is -2.17. The maximum atomic E-state index is 12.2. The molecule has 2 aromatic rings. The Morgan fingerprint density at radius 2 is 2.24 bits per heavy atom. The van der Waals surface area contributed by atoms with Crippen LogP contribution in [0, 0.1) is 6.92 Å². The summed E-state index contributed by atoms with van der Waals surface area (Å²) in [6.45, 7) is 2.69. The normalized spacial score (nSPS) is 12.3. The van der Waals surface area contributed by atoms with E-state index in [1.54, 1.807) is 47.7 Å². The third-order valence-electron chi connectivity index (χ3n) is 3.03. The molecule has 0 spiro atoms. The molecule has 0 bridgehead atoms. The van der Waals surface area contributed by atoms with Gasteiger partial charge in [-0.1, -0.05) is 0 Å². The Morgan fingerprint density at radius 1 is 1.43 bits per heavy atom. The number of hydrogen-bond donors (Lipinski definition) is 1. The standard InChI is InChI=1S/C14H15N3O3S/c1-9-15-6-11(21-9)7-17(2)14(18)16-10-3-4-12-13(5-10)20-8-19-12/h3-6H,7-8H2,1-2H3,(H,16,18). The first-order chi connectivity index (χ1) is 10.1. The molecule has 3 rings (SSSR count). The summed E-state index contributed by atoms with van der Waals surface area (Å²) in [7, 11) is 1.75. The average molecular weight is 305 g/mol. The lowest BCUT2D eigenvalue weighted by Crippen LogP contribution is -2.30. The second-order valence-corrected chi connectivity index (χ2v) is 6.02. The summed E-state index contributed by atoms with van der Waals surface area (Å²) in [5.74, 6) is 1.34. The van der Waals surface area contributed by atoms with Crippen molar-refractivity contribution in [3.63, 3.8) is 0 Å². The monoisotopic (exact) mass is 305 g/mol. The summed E-state index contributed by atoms with van der Waals surface area (Å²) in [6.07, 6.45) is 1.80. The van der Waals surface area contributed by atoms with Crippen molar-refractivity contribution in [2.24, 2.45) is 0 Å². The highest BCUT2D eigenvalue weighted by Crippen LogP contribution is 2.34. The number of anilines is 1. The maximum Gasteiger partial charge on any atom is 0.321 e. The Bertz CT molecular complexity index is 671. The summed E-state index contributed by atoms with van der Waals surface area (Å²) in [5, 5.41) is 3.83.